The predicted octanol–water partition coefficient (Wildman–Crippen LogP) is 3.98. The normalized spacial score (nSPS) is 15.5. The molecule has 2 aromatic heterocycles. The van der Waals surface area contributed by atoms with Crippen LogP contribution in [-0.4, -0.2) is 33.3 Å². The average molecular weight is 364 g/mol. The van der Waals surface area contributed by atoms with Crippen LogP contribution in [0.1, 0.15) is 54.4 Å². The summed E-state index contributed by atoms with van der Waals surface area (Å²) in [4.78, 5) is 19.8. The van der Waals surface area contributed by atoms with Crippen molar-refractivity contribution in [2.75, 3.05) is 13.1 Å². The molecule has 118 valence electrons. The summed E-state index contributed by atoms with van der Waals surface area (Å²) in [7, 11) is 0. The van der Waals surface area contributed by atoms with Gasteiger partial charge in [-0.2, -0.15) is 0 Å². The first-order valence-electron chi connectivity index (χ1n) is 8.08. The molecule has 0 radical (unpaired) electrons. The van der Waals surface area contributed by atoms with Crippen molar-refractivity contribution in [2.45, 2.75) is 46.0 Å². The number of carbonyl (C=O) groups excluding carboxylic acids is 1. The molecule has 0 aliphatic carbocycles. The van der Waals surface area contributed by atoms with E-state index in [9.17, 15) is 4.79 Å². The minimum atomic E-state index is 0.133. The molecule has 1 saturated heterocycles. The fraction of sp³-hybridized carbons (Fsp3) is 0.529. The molecule has 0 unspecified atom stereocenters. The lowest BCUT2D eigenvalue weighted by atomic mass is 10.1. The summed E-state index contributed by atoms with van der Waals surface area (Å²) in [5.74, 6) is 0.133. The highest BCUT2D eigenvalue weighted by Gasteiger charge is 2.25. The number of rotatable bonds is 3. The molecule has 1 amide bonds. The lowest BCUT2D eigenvalue weighted by molar-refractivity contribution is 0.0716. The molecule has 3 rings (SSSR count). The molecule has 1 fully saturated rings. The van der Waals surface area contributed by atoms with Gasteiger partial charge >= 0.3 is 0 Å². The Bertz CT molecular complexity index is 701. The Morgan fingerprint density at radius 2 is 2.05 bits per heavy atom. The summed E-state index contributed by atoms with van der Waals surface area (Å²) >= 11 is 3.58. The summed E-state index contributed by atoms with van der Waals surface area (Å²) in [6.45, 7) is 5.90. The predicted molar refractivity (Wildman–Crippen MR) is 91.4 cm³/mol. The molecule has 0 atom stereocenters. The maximum atomic E-state index is 13.0. The summed E-state index contributed by atoms with van der Waals surface area (Å²) in [6, 6.07) is 2.05. The zero-order chi connectivity index (χ0) is 15.7. The topological polar surface area (TPSA) is 37.6 Å². The van der Waals surface area contributed by atoms with Gasteiger partial charge in [0, 0.05) is 19.3 Å². The largest absolute Gasteiger partial charge is 0.337 e. The van der Waals surface area contributed by atoms with Crippen LogP contribution in [0, 0.1) is 6.92 Å². The molecule has 0 aromatic carbocycles. The van der Waals surface area contributed by atoms with Gasteiger partial charge < -0.3 is 4.90 Å². The maximum absolute atomic E-state index is 13.0. The summed E-state index contributed by atoms with van der Waals surface area (Å²) in [6.07, 6.45) is 7.28. The number of nitrogens with zero attached hydrogens (tertiary/aromatic N) is 3. The van der Waals surface area contributed by atoms with E-state index in [2.05, 4.69) is 22.9 Å². The first-order valence-corrected chi connectivity index (χ1v) is 8.87. The van der Waals surface area contributed by atoms with Gasteiger partial charge in [0.05, 0.1) is 10.2 Å². The Balaban J connectivity index is 2.12. The number of piperidine rings is 1. The SMILES string of the molecule is CCCc1nc2c(Br)cc(C)cn2c1C(=O)N1CCCCC1. The molecule has 2 aromatic rings. The van der Waals surface area contributed by atoms with Gasteiger partial charge in [0.25, 0.3) is 5.91 Å². The van der Waals surface area contributed by atoms with E-state index in [1.165, 1.54) is 6.42 Å². The molecule has 0 saturated carbocycles. The number of hydrogen-bond donors (Lipinski definition) is 0. The van der Waals surface area contributed by atoms with E-state index in [4.69, 9.17) is 4.98 Å². The zero-order valence-electron chi connectivity index (χ0n) is 13.2. The van der Waals surface area contributed by atoms with E-state index in [-0.39, 0.29) is 5.91 Å². The number of aromatic nitrogens is 2. The molecule has 5 heteroatoms. The minimum Gasteiger partial charge on any atom is -0.337 e. The number of pyridine rings is 1. The lowest BCUT2D eigenvalue weighted by Crippen LogP contribution is -2.36. The van der Waals surface area contributed by atoms with Gasteiger partial charge in [0.2, 0.25) is 0 Å². The third-order valence-electron chi connectivity index (χ3n) is 4.22. The van der Waals surface area contributed by atoms with Crippen molar-refractivity contribution in [3.8, 4) is 0 Å². The van der Waals surface area contributed by atoms with Crippen LogP contribution >= 0.6 is 15.9 Å². The first-order chi connectivity index (χ1) is 10.6. The van der Waals surface area contributed by atoms with Gasteiger partial charge in [-0.1, -0.05) is 13.3 Å². The second-order valence-corrected chi connectivity index (χ2v) is 6.92. The van der Waals surface area contributed by atoms with Gasteiger partial charge in [0.15, 0.2) is 5.65 Å². The van der Waals surface area contributed by atoms with Gasteiger partial charge in [0.1, 0.15) is 5.69 Å². The van der Waals surface area contributed by atoms with Crippen LogP contribution in [-0.2, 0) is 6.42 Å². The van der Waals surface area contributed by atoms with Crippen molar-refractivity contribution in [1.29, 1.82) is 0 Å². The standard InChI is InChI=1S/C17H22BrN3O/c1-3-7-14-15(17(22)20-8-5-4-6-9-20)21-11-12(2)10-13(18)16(21)19-14/h10-11H,3-9H2,1-2H3. The Hall–Kier alpha value is -1.36. The van der Waals surface area contributed by atoms with Gasteiger partial charge in [-0.25, -0.2) is 4.98 Å². The number of likely N-dealkylation sites (tertiary alicyclic amines) is 1. The molecule has 3 heterocycles. The van der Waals surface area contributed by atoms with Crippen LogP contribution in [0.2, 0.25) is 0 Å². The summed E-state index contributed by atoms with van der Waals surface area (Å²) < 4.78 is 2.92. The average Bonchev–Trinajstić information content (AvgIpc) is 2.86. The number of hydrogen-bond acceptors (Lipinski definition) is 2. The molecule has 0 spiro atoms. The number of halogens is 1. The number of carbonyl (C=O) groups is 1. The van der Waals surface area contributed by atoms with Crippen LogP contribution in [0.15, 0.2) is 16.7 Å². The number of aryl methyl sites for hydroxylation is 2. The molecular weight excluding hydrogens is 342 g/mol. The molecule has 0 N–H and O–H groups in total. The second-order valence-electron chi connectivity index (χ2n) is 6.07. The van der Waals surface area contributed by atoms with Gasteiger partial charge in [-0.05, 0) is 60.2 Å². The van der Waals surface area contributed by atoms with E-state index in [1.807, 2.05) is 28.5 Å². The Morgan fingerprint density at radius 3 is 2.73 bits per heavy atom. The Labute approximate surface area is 139 Å². The van der Waals surface area contributed by atoms with Crippen molar-refractivity contribution >= 4 is 27.5 Å². The molecule has 0 bridgehead atoms. The van der Waals surface area contributed by atoms with Crippen molar-refractivity contribution < 1.29 is 4.79 Å². The zero-order valence-corrected chi connectivity index (χ0v) is 14.8. The quantitative estimate of drug-likeness (QED) is 0.826. The highest BCUT2D eigenvalue weighted by atomic mass is 79.9. The van der Waals surface area contributed by atoms with Crippen molar-refractivity contribution in [3.05, 3.63) is 33.7 Å². The van der Waals surface area contributed by atoms with Crippen molar-refractivity contribution in [2.24, 2.45) is 0 Å². The fourth-order valence-corrected chi connectivity index (χ4v) is 3.80. The van der Waals surface area contributed by atoms with Crippen LogP contribution in [0.4, 0.5) is 0 Å². The number of fused-ring (bicyclic) bond motifs is 1. The van der Waals surface area contributed by atoms with Crippen LogP contribution < -0.4 is 0 Å². The smallest absolute Gasteiger partial charge is 0.272 e. The fourth-order valence-electron chi connectivity index (χ4n) is 3.16. The number of amides is 1. The van der Waals surface area contributed by atoms with E-state index >= 15 is 0 Å². The maximum Gasteiger partial charge on any atom is 0.272 e. The van der Waals surface area contributed by atoms with Gasteiger partial charge in [-0.3, -0.25) is 9.20 Å². The van der Waals surface area contributed by atoms with E-state index in [0.717, 1.165) is 65.8 Å². The Kier molecular flexibility index (Phi) is 4.52. The second kappa shape index (κ2) is 6.41. The van der Waals surface area contributed by atoms with Crippen LogP contribution in [0.5, 0.6) is 0 Å². The molecule has 22 heavy (non-hydrogen) atoms. The first kappa shape index (κ1) is 15.5. The lowest BCUT2D eigenvalue weighted by Gasteiger charge is -2.26. The molecule has 1 aliphatic rings. The number of imidazole rings is 1. The van der Waals surface area contributed by atoms with Crippen molar-refractivity contribution in [3.63, 3.8) is 0 Å². The molecule has 1 aliphatic heterocycles. The minimum absolute atomic E-state index is 0.133. The summed E-state index contributed by atoms with van der Waals surface area (Å²) in [5, 5.41) is 0. The third kappa shape index (κ3) is 2.78. The van der Waals surface area contributed by atoms with E-state index < -0.39 is 0 Å². The van der Waals surface area contributed by atoms with Crippen LogP contribution in [0.25, 0.3) is 5.65 Å². The highest BCUT2D eigenvalue weighted by molar-refractivity contribution is 9.10. The van der Waals surface area contributed by atoms with Crippen molar-refractivity contribution in [1.82, 2.24) is 14.3 Å². The molecular formula is C17H22BrN3O. The monoisotopic (exact) mass is 363 g/mol. The Morgan fingerprint density at radius 1 is 1.32 bits per heavy atom. The van der Waals surface area contributed by atoms with E-state index in [1.54, 1.807) is 0 Å². The third-order valence-corrected chi connectivity index (χ3v) is 4.80. The highest BCUT2D eigenvalue weighted by Crippen LogP contribution is 2.25. The van der Waals surface area contributed by atoms with Crippen LogP contribution in [0.3, 0.4) is 0 Å². The van der Waals surface area contributed by atoms with Gasteiger partial charge in [-0.15, -0.1) is 0 Å². The molecule has 4 nitrogen and oxygen atoms in total. The summed E-state index contributed by atoms with van der Waals surface area (Å²) in [5.41, 5.74) is 3.63. The van der Waals surface area contributed by atoms with E-state index in [0.29, 0.717) is 0 Å².